The number of benzene rings is 4. The molecular formula is C24H19BBrF4Sb. The molecule has 0 heterocycles. The van der Waals surface area contributed by atoms with Gasteiger partial charge < -0.3 is 17.3 Å². The van der Waals surface area contributed by atoms with Gasteiger partial charge in [0.05, 0.1) is 0 Å². The zero-order valence-corrected chi connectivity index (χ0v) is 20.5. The predicted molar refractivity (Wildman–Crippen MR) is 128 cm³/mol. The fraction of sp³-hybridized carbons (Fsp3) is 0. The molecule has 4 aromatic carbocycles. The Morgan fingerprint density at radius 1 is 0.452 bits per heavy atom. The Balaban J connectivity index is 0.000000491. The molecule has 0 aliphatic carbocycles. The van der Waals surface area contributed by atoms with Crippen molar-refractivity contribution in [2.45, 2.75) is 0 Å². The molecule has 7 heteroatoms. The number of halogens is 5. The van der Waals surface area contributed by atoms with Gasteiger partial charge in [0, 0.05) is 0 Å². The van der Waals surface area contributed by atoms with E-state index in [0.29, 0.717) is 0 Å². The van der Waals surface area contributed by atoms with Crippen molar-refractivity contribution in [3.05, 3.63) is 120 Å². The SMILES string of the molecule is Brc1cc[c]([Sb+]([c]2ccccc2)([c]2ccccc2)[c]2ccccc2)cc1.F[B-](F)(F)F. The van der Waals surface area contributed by atoms with Crippen LogP contribution in [0.25, 0.3) is 0 Å². The van der Waals surface area contributed by atoms with Crippen LogP contribution in [0.1, 0.15) is 0 Å². The number of hydrogen-bond donors (Lipinski definition) is 0. The van der Waals surface area contributed by atoms with E-state index < -0.39 is 26.1 Å². The van der Waals surface area contributed by atoms with E-state index in [0.717, 1.165) is 4.47 Å². The molecule has 0 aliphatic heterocycles. The minimum atomic E-state index is -6.00. The van der Waals surface area contributed by atoms with Gasteiger partial charge in [0.2, 0.25) is 0 Å². The Morgan fingerprint density at radius 3 is 1.00 bits per heavy atom. The standard InChI is InChI=1S/C6H4Br.3C6H5.BF4.Sb/c7-6-4-2-1-3-5-6;3*1-2-4-6-5-3-1;2-1(3,4)5;/h2-5H;3*1-5H;;/q;;;;-1;+1. The molecule has 0 unspecified atom stereocenters. The first-order chi connectivity index (χ1) is 14.8. The van der Waals surface area contributed by atoms with Gasteiger partial charge in [-0.1, -0.05) is 0 Å². The van der Waals surface area contributed by atoms with Crippen LogP contribution in [0.4, 0.5) is 17.3 Å². The smallest absolute Gasteiger partial charge is 0.418 e. The first kappa shape index (κ1) is 23.6. The summed E-state index contributed by atoms with van der Waals surface area (Å²) in [5.41, 5.74) is 0. The fourth-order valence-electron chi connectivity index (χ4n) is 3.51. The Bertz CT molecular complexity index is 971. The van der Waals surface area contributed by atoms with E-state index in [1.807, 2.05) is 0 Å². The molecule has 0 radical (unpaired) electrons. The molecule has 0 atom stereocenters. The van der Waals surface area contributed by atoms with Gasteiger partial charge in [-0.3, -0.25) is 0 Å². The van der Waals surface area contributed by atoms with Crippen LogP contribution in [0.2, 0.25) is 0 Å². The zero-order chi connectivity index (χ0) is 22.3. The molecule has 0 saturated carbocycles. The molecule has 0 nitrogen and oxygen atoms in total. The number of rotatable bonds is 4. The van der Waals surface area contributed by atoms with Crippen LogP contribution in [-0.4, -0.2) is 26.1 Å². The first-order valence-corrected chi connectivity index (χ1v) is 15.4. The molecule has 0 amide bonds. The predicted octanol–water partition coefficient (Wildman–Crippen LogP) is 5.13. The quantitative estimate of drug-likeness (QED) is 0.227. The molecule has 4 aromatic rings. The van der Waals surface area contributed by atoms with Crippen LogP contribution < -0.4 is 14.0 Å². The molecular weight excluding hydrogens is 577 g/mol. The van der Waals surface area contributed by atoms with E-state index >= 15 is 0 Å². The van der Waals surface area contributed by atoms with Gasteiger partial charge in [0.1, 0.15) is 0 Å². The van der Waals surface area contributed by atoms with Crippen molar-refractivity contribution < 1.29 is 17.3 Å². The van der Waals surface area contributed by atoms with E-state index in [2.05, 4.69) is 131 Å². The Labute approximate surface area is 192 Å². The maximum absolute atomic E-state index is 9.75. The molecule has 0 spiro atoms. The van der Waals surface area contributed by atoms with Crippen LogP contribution >= 0.6 is 15.9 Å². The van der Waals surface area contributed by atoms with Gasteiger partial charge in [-0.15, -0.1) is 0 Å². The molecule has 0 bridgehead atoms. The summed E-state index contributed by atoms with van der Waals surface area (Å²) in [6, 6.07) is 42.2. The maximum Gasteiger partial charge on any atom is 0.673 e. The summed E-state index contributed by atoms with van der Waals surface area (Å²) >= 11 is 0.385. The second-order valence-electron chi connectivity index (χ2n) is 6.65. The molecule has 0 N–H and O–H groups in total. The summed E-state index contributed by atoms with van der Waals surface area (Å²) in [7, 11) is -6.00. The van der Waals surface area contributed by atoms with Crippen LogP contribution in [0.5, 0.6) is 0 Å². The number of hydrogen-bond acceptors (Lipinski definition) is 0. The van der Waals surface area contributed by atoms with Gasteiger partial charge in [-0.25, -0.2) is 0 Å². The third kappa shape index (κ3) is 6.02. The molecule has 0 saturated heterocycles. The van der Waals surface area contributed by atoms with Crippen LogP contribution in [0.3, 0.4) is 0 Å². The van der Waals surface area contributed by atoms with E-state index in [9.17, 15) is 17.3 Å². The second kappa shape index (κ2) is 10.5. The van der Waals surface area contributed by atoms with Crippen molar-refractivity contribution in [2.75, 3.05) is 0 Å². The van der Waals surface area contributed by atoms with Crippen molar-refractivity contribution >= 4 is 56.0 Å². The van der Waals surface area contributed by atoms with E-state index in [-0.39, 0.29) is 0 Å². The minimum Gasteiger partial charge on any atom is -0.418 e. The van der Waals surface area contributed by atoms with Crippen molar-refractivity contribution in [3.63, 3.8) is 0 Å². The third-order valence-electron chi connectivity index (χ3n) is 4.64. The maximum atomic E-state index is 9.75. The molecule has 0 aliphatic rings. The molecule has 0 fully saturated rings. The average molecular weight is 596 g/mol. The van der Waals surface area contributed by atoms with E-state index in [1.54, 1.807) is 0 Å². The monoisotopic (exact) mass is 594 g/mol. The van der Waals surface area contributed by atoms with Gasteiger partial charge >= 0.3 is 176 Å². The molecule has 4 rings (SSSR count). The van der Waals surface area contributed by atoms with Crippen LogP contribution in [-0.2, 0) is 0 Å². The van der Waals surface area contributed by atoms with Gasteiger partial charge in [-0.05, 0) is 0 Å². The van der Waals surface area contributed by atoms with E-state index in [1.165, 1.54) is 14.0 Å². The average Bonchev–Trinajstić information content (AvgIpc) is 2.77. The second-order valence-corrected chi connectivity index (χ2v) is 17.3. The summed E-state index contributed by atoms with van der Waals surface area (Å²) in [4.78, 5) is 0. The normalized spacial score (nSPS) is 11.4. The van der Waals surface area contributed by atoms with Crippen molar-refractivity contribution in [1.29, 1.82) is 0 Å². The van der Waals surface area contributed by atoms with Crippen molar-refractivity contribution in [3.8, 4) is 0 Å². The summed E-state index contributed by atoms with van der Waals surface area (Å²) in [6.45, 7) is 0. The Kier molecular flexibility index (Phi) is 8.02. The summed E-state index contributed by atoms with van der Waals surface area (Å²) in [6.07, 6.45) is 0. The summed E-state index contributed by atoms with van der Waals surface area (Å²) in [5.74, 6) is 0. The fourth-order valence-corrected chi connectivity index (χ4v) is 15.9. The molecule has 158 valence electrons. The van der Waals surface area contributed by atoms with Crippen molar-refractivity contribution in [1.82, 2.24) is 0 Å². The first-order valence-electron chi connectivity index (χ1n) is 9.51. The zero-order valence-electron chi connectivity index (χ0n) is 16.4. The molecule has 31 heavy (non-hydrogen) atoms. The summed E-state index contributed by atoms with van der Waals surface area (Å²) < 4.78 is 46.0. The third-order valence-corrected chi connectivity index (χ3v) is 17.4. The minimum absolute atomic E-state index is 1.12. The largest absolute Gasteiger partial charge is 0.673 e. The van der Waals surface area contributed by atoms with E-state index in [4.69, 9.17) is 0 Å². The van der Waals surface area contributed by atoms with Crippen molar-refractivity contribution in [2.24, 2.45) is 0 Å². The van der Waals surface area contributed by atoms with Gasteiger partial charge in [0.25, 0.3) is 0 Å². The summed E-state index contributed by atoms with van der Waals surface area (Å²) in [5, 5.41) is 0. The Hall–Kier alpha value is -2.04. The van der Waals surface area contributed by atoms with Gasteiger partial charge in [-0.2, -0.15) is 0 Å². The Morgan fingerprint density at radius 2 is 0.710 bits per heavy atom. The topological polar surface area (TPSA) is 0 Å². The van der Waals surface area contributed by atoms with Gasteiger partial charge in [0.15, 0.2) is 0 Å². The molecule has 0 aromatic heterocycles. The van der Waals surface area contributed by atoms with Crippen LogP contribution in [0, 0.1) is 0 Å². The van der Waals surface area contributed by atoms with Crippen LogP contribution in [0.15, 0.2) is 120 Å².